The molecule has 0 unspecified atom stereocenters. The molecule has 2 aliphatic rings. The molecular weight excluding hydrogens is 260 g/mol. The maximum absolute atomic E-state index is 11.2. The quantitative estimate of drug-likeness (QED) is 0.688. The third-order valence-electron chi connectivity index (χ3n) is 2.65. The molecule has 2 radical (unpaired) electrons. The molecule has 0 spiro atoms. The van der Waals surface area contributed by atoms with E-state index in [1.54, 1.807) is 18.2 Å². The van der Waals surface area contributed by atoms with E-state index in [2.05, 4.69) is 12.1 Å². The molecule has 0 atom stereocenters. The maximum Gasteiger partial charge on any atom is 0.295 e. The van der Waals surface area contributed by atoms with Crippen LogP contribution in [0.5, 0.6) is 0 Å². The van der Waals surface area contributed by atoms with Crippen LogP contribution >= 0.6 is 11.6 Å². The molecule has 0 amide bonds. The molecule has 0 saturated heterocycles. The summed E-state index contributed by atoms with van der Waals surface area (Å²) < 4.78 is 31.6. The van der Waals surface area contributed by atoms with Crippen molar-refractivity contribution < 1.29 is 13.0 Å². The molecule has 4 rings (SSSR count). The molecule has 4 bridgehead atoms. The van der Waals surface area contributed by atoms with E-state index in [1.165, 1.54) is 6.07 Å². The molecule has 0 heterocycles. The lowest BCUT2D eigenvalue weighted by molar-refractivity contribution is 0.483. The van der Waals surface area contributed by atoms with E-state index in [1.807, 2.05) is 0 Å². The third-order valence-corrected chi connectivity index (χ3v) is 3.84. The second kappa shape index (κ2) is 3.32. The van der Waals surface area contributed by atoms with Gasteiger partial charge in [-0.3, -0.25) is 4.55 Å². The van der Waals surface area contributed by atoms with Crippen LogP contribution in [0.25, 0.3) is 22.3 Å². The Balaban J connectivity index is 2.45. The van der Waals surface area contributed by atoms with Crippen LogP contribution in [0.2, 0.25) is 5.02 Å². The van der Waals surface area contributed by atoms with Crippen LogP contribution in [0.1, 0.15) is 0 Å². The van der Waals surface area contributed by atoms with Gasteiger partial charge >= 0.3 is 0 Å². The van der Waals surface area contributed by atoms with Gasteiger partial charge in [0.15, 0.2) is 0 Å². The highest BCUT2D eigenvalue weighted by atomic mass is 35.5. The van der Waals surface area contributed by atoms with Gasteiger partial charge in [0.05, 0.1) is 0 Å². The van der Waals surface area contributed by atoms with Gasteiger partial charge in [0.2, 0.25) is 0 Å². The summed E-state index contributed by atoms with van der Waals surface area (Å²) in [5, 5.41) is 0.512. The van der Waals surface area contributed by atoms with E-state index >= 15 is 0 Å². The summed E-state index contributed by atoms with van der Waals surface area (Å²) in [6.45, 7) is 0. The first kappa shape index (κ1) is 10.8. The molecule has 0 fully saturated rings. The van der Waals surface area contributed by atoms with Gasteiger partial charge in [0.25, 0.3) is 10.1 Å². The fraction of sp³-hybridized carbons (Fsp3) is 0. The highest BCUT2D eigenvalue weighted by Crippen LogP contribution is 2.39. The van der Waals surface area contributed by atoms with Crippen LogP contribution in [0, 0.1) is 12.1 Å². The Bertz CT molecular complexity index is 735. The smallest absolute Gasteiger partial charge is 0.282 e. The van der Waals surface area contributed by atoms with Crippen LogP contribution in [0.4, 0.5) is 0 Å². The Morgan fingerprint density at radius 1 is 1.29 bits per heavy atom. The standard InChI is InChI=1S/C12H5ClO3S/c13-11-6-8-1-3-9(11)7-2-4-12(10(8)5-7)17(14,15)16/h1,3-4,6H,(H,14,15,16). The number of benzene rings is 2. The van der Waals surface area contributed by atoms with E-state index in [4.69, 9.17) is 16.2 Å². The largest absolute Gasteiger partial charge is 0.295 e. The third kappa shape index (κ3) is 1.57. The Morgan fingerprint density at radius 2 is 2.06 bits per heavy atom. The normalized spacial score (nSPS) is 12.6. The second-order valence-corrected chi connectivity index (χ2v) is 5.49. The first-order valence-electron chi connectivity index (χ1n) is 4.72. The number of hydrogen-bond donors (Lipinski definition) is 1. The van der Waals surface area contributed by atoms with Crippen LogP contribution in [-0.2, 0) is 10.1 Å². The van der Waals surface area contributed by atoms with Gasteiger partial charge in [0.1, 0.15) is 4.90 Å². The minimum absolute atomic E-state index is 0.204. The minimum atomic E-state index is -4.29. The van der Waals surface area contributed by atoms with Gasteiger partial charge in [-0.2, -0.15) is 8.42 Å². The molecule has 2 aromatic rings. The average Bonchev–Trinajstić information content (AvgIpc) is 2.43. The second-order valence-electron chi connectivity index (χ2n) is 3.70. The zero-order chi connectivity index (χ0) is 12.2. The fourth-order valence-electron chi connectivity index (χ4n) is 1.87. The monoisotopic (exact) mass is 264 g/mol. The maximum atomic E-state index is 11.2. The van der Waals surface area contributed by atoms with Gasteiger partial charge in [0, 0.05) is 22.2 Å². The van der Waals surface area contributed by atoms with Crippen LogP contribution in [-0.4, -0.2) is 13.0 Å². The number of hydrogen-bond acceptors (Lipinski definition) is 2. The van der Waals surface area contributed by atoms with E-state index in [0.717, 1.165) is 5.56 Å². The topological polar surface area (TPSA) is 54.4 Å². The van der Waals surface area contributed by atoms with Gasteiger partial charge in [-0.25, -0.2) is 0 Å². The van der Waals surface area contributed by atoms with Crippen molar-refractivity contribution in [2.45, 2.75) is 4.90 Å². The average molecular weight is 265 g/mol. The van der Waals surface area contributed by atoms with Gasteiger partial charge in [-0.1, -0.05) is 23.7 Å². The zero-order valence-electron chi connectivity index (χ0n) is 8.36. The molecule has 0 aliphatic heterocycles. The first-order valence-corrected chi connectivity index (χ1v) is 6.54. The van der Waals surface area contributed by atoms with Crippen molar-refractivity contribution in [2.24, 2.45) is 0 Å². The van der Waals surface area contributed by atoms with Crippen molar-refractivity contribution in [3.8, 4) is 22.3 Å². The summed E-state index contributed by atoms with van der Waals surface area (Å²) in [4.78, 5) is -0.204. The summed E-state index contributed by atoms with van der Waals surface area (Å²) in [7, 11) is -4.29. The predicted molar refractivity (Wildman–Crippen MR) is 63.4 cm³/mol. The zero-order valence-corrected chi connectivity index (χ0v) is 9.93. The SMILES string of the molecule is O=S(=O)(O)c1c[c]c2[c]c1-c1ccc-2c(Cl)c1. The summed E-state index contributed by atoms with van der Waals surface area (Å²) in [6.07, 6.45) is 0. The molecule has 17 heavy (non-hydrogen) atoms. The van der Waals surface area contributed by atoms with Crippen LogP contribution in [0.15, 0.2) is 29.2 Å². The summed E-state index contributed by atoms with van der Waals surface area (Å²) in [5.41, 5.74) is 2.27. The van der Waals surface area contributed by atoms with Gasteiger partial charge < -0.3 is 0 Å². The summed E-state index contributed by atoms with van der Waals surface area (Å²) >= 11 is 6.05. The van der Waals surface area contributed by atoms with Crippen molar-refractivity contribution in [1.82, 2.24) is 0 Å². The Kier molecular flexibility index (Phi) is 2.10. The minimum Gasteiger partial charge on any atom is -0.282 e. The van der Waals surface area contributed by atoms with E-state index < -0.39 is 10.1 Å². The lowest BCUT2D eigenvalue weighted by Crippen LogP contribution is -2.00. The van der Waals surface area contributed by atoms with Crippen molar-refractivity contribution in [3.63, 3.8) is 0 Å². The lowest BCUT2D eigenvalue weighted by atomic mass is 10.1. The van der Waals surface area contributed by atoms with Crippen molar-refractivity contribution in [2.75, 3.05) is 0 Å². The Labute approximate surface area is 103 Å². The number of halogens is 1. The Morgan fingerprint density at radius 3 is 2.71 bits per heavy atom. The molecule has 0 aromatic heterocycles. The molecule has 3 nitrogen and oxygen atoms in total. The molecule has 1 N–H and O–H groups in total. The molecule has 2 aromatic carbocycles. The van der Waals surface area contributed by atoms with Gasteiger partial charge in [-0.15, -0.1) is 0 Å². The number of rotatable bonds is 1. The molecule has 5 heteroatoms. The predicted octanol–water partition coefficient (Wildman–Crippen LogP) is 2.83. The number of fused-ring (bicyclic) bond motifs is 2. The van der Waals surface area contributed by atoms with Crippen molar-refractivity contribution in [1.29, 1.82) is 0 Å². The van der Waals surface area contributed by atoms with E-state index in [0.29, 0.717) is 21.7 Å². The summed E-state index contributed by atoms with van der Waals surface area (Å²) in [6, 6.07) is 12.1. The Hall–Kier alpha value is -1.36. The molecular formula is C12H5ClO3S. The van der Waals surface area contributed by atoms with E-state index in [9.17, 15) is 8.42 Å². The van der Waals surface area contributed by atoms with Crippen LogP contribution < -0.4 is 0 Å². The summed E-state index contributed by atoms with van der Waals surface area (Å²) in [5.74, 6) is 0. The van der Waals surface area contributed by atoms with Crippen LogP contribution in [0.3, 0.4) is 0 Å². The first-order chi connectivity index (χ1) is 7.97. The van der Waals surface area contributed by atoms with E-state index in [-0.39, 0.29) is 4.90 Å². The lowest BCUT2D eigenvalue weighted by Gasteiger charge is -2.04. The highest BCUT2D eigenvalue weighted by molar-refractivity contribution is 7.86. The molecule has 84 valence electrons. The molecule has 2 aliphatic carbocycles. The fourth-order valence-corrected chi connectivity index (χ4v) is 2.78. The van der Waals surface area contributed by atoms with Crippen molar-refractivity contribution in [3.05, 3.63) is 41.4 Å². The highest BCUT2D eigenvalue weighted by Gasteiger charge is 2.22. The van der Waals surface area contributed by atoms with Crippen molar-refractivity contribution >= 4 is 21.7 Å². The van der Waals surface area contributed by atoms with Gasteiger partial charge in [-0.05, 0) is 29.3 Å². The molecule has 0 saturated carbocycles.